The lowest BCUT2D eigenvalue weighted by molar-refractivity contribution is 0.414. The number of nitrogens with one attached hydrogen (secondary N) is 1. The standard InChI is InChI=1S/C21H23N5O4S2/c1-4-12(5-2)11-26-19-13(10-22-21(24-19)31-3)17(27)16(20(26)28)18-23-14-8-6-7-9-15(14)32(29,30)25-18/h6-10,12,27H,4-5,11H2,1-3H3,(H,23,25). The number of aromatic hydroxyl groups is 1. The van der Waals surface area contributed by atoms with Gasteiger partial charge in [-0.2, -0.15) is 8.42 Å². The van der Waals surface area contributed by atoms with Crippen molar-refractivity contribution in [3.63, 3.8) is 0 Å². The van der Waals surface area contributed by atoms with Gasteiger partial charge in [0, 0.05) is 12.7 Å². The molecule has 9 nitrogen and oxygen atoms in total. The molecule has 1 aliphatic heterocycles. The van der Waals surface area contributed by atoms with Crippen LogP contribution in [0.5, 0.6) is 5.75 Å². The molecule has 0 saturated heterocycles. The van der Waals surface area contributed by atoms with Crippen LogP contribution in [0.4, 0.5) is 5.69 Å². The summed E-state index contributed by atoms with van der Waals surface area (Å²) in [7, 11) is -4.05. The molecule has 0 bridgehead atoms. The Bertz CT molecular complexity index is 1400. The molecule has 0 saturated carbocycles. The fraction of sp³-hybridized carbons (Fsp3) is 0.333. The molecule has 4 rings (SSSR count). The van der Waals surface area contributed by atoms with E-state index in [2.05, 4.69) is 19.7 Å². The maximum absolute atomic E-state index is 13.6. The maximum atomic E-state index is 13.6. The molecule has 0 fully saturated rings. The first-order valence-corrected chi connectivity index (χ1v) is 12.8. The third-order valence-corrected chi connectivity index (χ3v) is 7.49. The van der Waals surface area contributed by atoms with Crippen molar-refractivity contribution in [2.75, 3.05) is 11.6 Å². The molecular weight excluding hydrogens is 450 g/mol. The number of nitrogens with zero attached hydrogens (tertiary/aromatic N) is 4. The Morgan fingerprint density at radius 1 is 1.22 bits per heavy atom. The molecule has 1 aromatic carbocycles. The molecule has 11 heteroatoms. The first-order valence-electron chi connectivity index (χ1n) is 10.2. The molecule has 0 spiro atoms. The third-order valence-electron chi connectivity index (χ3n) is 5.60. The highest BCUT2D eigenvalue weighted by Crippen LogP contribution is 2.32. The summed E-state index contributed by atoms with van der Waals surface area (Å²) in [6, 6.07) is 6.28. The van der Waals surface area contributed by atoms with E-state index in [0.717, 1.165) is 12.8 Å². The van der Waals surface area contributed by atoms with Crippen LogP contribution in [0.25, 0.3) is 11.0 Å². The number of para-hydroxylation sites is 1. The smallest absolute Gasteiger partial charge is 0.286 e. The van der Waals surface area contributed by atoms with Crippen LogP contribution in [0.15, 0.2) is 49.7 Å². The van der Waals surface area contributed by atoms with Crippen LogP contribution in [0.3, 0.4) is 0 Å². The van der Waals surface area contributed by atoms with Gasteiger partial charge in [0.25, 0.3) is 15.6 Å². The van der Waals surface area contributed by atoms with E-state index in [9.17, 15) is 18.3 Å². The average Bonchev–Trinajstić information content (AvgIpc) is 2.78. The molecule has 3 aromatic rings. The molecule has 0 radical (unpaired) electrons. The van der Waals surface area contributed by atoms with E-state index < -0.39 is 21.3 Å². The van der Waals surface area contributed by atoms with E-state index in [1.165, 1.54) is 28.6 Å². The lowest BCUT2D eigenvalue weighted by Gasteiger charge is -2.21. The van der Waals surface area contributed by atoms with Crippen molar-refractivity contribution in [2.45, 2.75) is 43.3 Å². The number of benzene rings is 1. The Morgan fingerprint density at radius 3 is 2.62 bits per heavy atom. The van der Waals surface area contributed by atoms with Crippen LogP contribution in [0.1, 0.15) is 32.3 Å². The summed E-state index contributed by atoms with van der Waals surface area (Å²) in [5.74, 6) is -0.425. The van der Waals surface area contributed by atoms with E-state index >= 15 is 0 Å². The predicted octanol–water partition coefficient (Wildman–Crippen LogP) is 3.22. The number of hydrogen-bond donors (Lipinski definition) is 2. The lowest BCUT2D eigenvalue weighted by atomic mass is 10.0. The Hall–Kier alpha value is -2.92. The number of amidine groups is 1. The molecule has 0 atom stereocenters. The molecule has 32 heavy (non-hydrogen) atoms. The van der Waals surface area contributed by atoms with Gasteiger partial charge in [-0.25, -0.2) is 9.97 Å². The van der Waals surface area contributed by atoms with Crippen molar-refractivity contribution in [3.8, 4) is 5.75 Å². The van der Waals surface area contributed by atoms with Gasteiger partial charge in [0.15, 0.2) is 16.6 Å². The number of fused-ring (bicyclic) bond motifs is 2. The highest BCUT2D eigenvalue weighted by molar-refractivity contribution is 7.98. The summed E-state index contributed by atoms with van der Waals surface area (Å²) < 4.78 is 30.8. The van der Waals surface area contributed by atoms with Gasteiger partial charge in [0.1, 0.15) is 16.2 Å². The molecular formula is C21H23N5O4S2. The Labute approximate surface area is 189 Å². The molecule has 168 valence electrons. The Balaban J connectivity index is 2.01. The zero-order valence-electron chi connectivity index (χ0n) is 17.9. The molecule has 0 aliphatic carbocycles. The fourth-order valence-corrected chi connectivity index (χ4v) is 5.17. The number of pyridine rings is 1. The van der Waals surface area contributed by atoms with Gasteiger partial charge in [0.2, 0.25) is 0 Å². The second kappa shape index (κ2) is 8.55. The van der Waals surface area contributed by atoms with Crippen LogP contribution in [0, 0.1) is 5.92 Å². The van der Waals surface area contributed by atoms with Crippen molar-refractivity contribution in [2.24, 2.45) is 10.3 Å². The zero-order chi connectivity index (χ0) is 23.0. The monoisotopic (exact) mass is 473 g/mol. The zero-order valence-corrected chi connectivity index (χ0v) is 19.5. The van der Waals surface area contributed by atoms with Crippen molar-refractivity contribution in [3.05, 3.63) is 46.4 Å². The second-order valence-electron chi connectivity index (χ2n) is 7.45. The quantitative estimate of drug-likeness (QED) is 0.413. The minimum absolute atomic E-state index is 0.00864. The van der Waals surface area contributed by atoms with Gasteiger partial charge >= 0.3 is 0 Å². The third kappa shape index (κ3) is 3.75. The fourth-order valence-electron chi connectivity index (χ4n) is 3.71. The second-order valence-corrected chi connectivity index (χ2v) is 9.80. The Kier molecular flexibility index (Phi) is 5.95. The summed E-state index contributed by atoms with van der Waals surface area (Å²) in [4.78, 5) is 22.3. The van der Waals surface area contributed by atoms with E-state index in [1.807, 2.05) is 20.1 Å². The highest BCUT2D eigenvalue weighted by Gasteiger charge is 2.30. The number of anilines is 1. The van der Waals surface area contributed by atoms with Gasteiger partial charge in [-0.05, 0) is 24.3 Å². The first kappa shape index (κ1) is 22.3. The van der Waals surface area contributed by atoms with Crippen LogP contribution in [-0.4, -0.2) is 40.2 Å². The molecule has 0 amide bonds. The topological polar surface area (TPSA) is 127 Å². The van der Waals surface area contributed by atoms with E-state index in [4.69, 9.17) is 0 Å². The molecule has 0 unspecified atom stereocenters. The number of rotatable bonds is 6. The lowest BCUT2D eigenvalue weighted by Crippen LogP contribution is -2.34. The minimum Gasteiger partial charge on any atom is -0.506 e. The van der Waals surface area contributed by atoms with Crippen LogP contribution < -0.4 is 10.9 Å². The SMILES string of the molecule is CCC(CC)Cn1c(=O)c(C2=NS(=O)(=O)c3ccccc3N2)c(O)c2cnc(SC)nc21. The van der Waals surface area contributed by atoms with E-state index in [-0.39, 0.29) is 33.3 Å². The van der Waals surface area contributed by atoms with Gasteiger partial charge in [-0.15, -0.1) is 4.40 Å². The van der Waals surface area contributed by atoms with Crippen LogP contribution in [0.2, 0.25) is 0 Å². The molecule has 3 heterocycles. The summed E-state index contributed by atoms with van der Waals surface area (Å²) in [5, 5.41) is 14.6. The summed E-state index contributed by atoms with van der Waals surface area (Å²) in [5.41, 5.74) is -0.186. The maximum Gasteiger partial charge on any atom is 0.286 e. The van der Waals surface area contributed by atoms with E-state index in [1.54, 1.807) is 18.2 Å². The summed E-state index contributed by atoms with van der Waals surface area (Å²) in [6.45, 7) is 4.46. The number of aromatic nitrogens is 3. The summed E-state index contributed by atoms with van der Waals surface area (Å²) >= 11 is 1.32. The number of hydrogen-bond acceptors (Lipinski definition) is 8. The largest absolute Gasteiger partial charge is 0.506 e. The van der Waals surface area contributed by atoms with Gasteiger partial charge in [-0.1, -0.05) is 50.6 Å². The normalized spacial score (nSPS) is 14.8. The van der Waals surface area contributed by atoms with Gasteiger partial charge in [0.05, 0.1) is 11.1 Å². The summed E-state index contributed by atoms with van der Waals surface area (Å²) in [6.07, 6.45) is 4.97. The average molecular weight is 474 g/mol. The van der Waals surface area contributed by atoms with Gasteiger partial charge < -0.3 is 10.4 Å². The van der Waals surface area contributed by atoms with Crippen molar-refractivity contribution in [1.29, 1.82) is 0 Å². The Morgan fingerprint density at radius 2 is 1.94 bits per heavy atom. The molecule has 1 aliphatic rings. The van der Waals surface area contributed by atoms with Crippen LogP contribution >= 0.6 is 11.8 Å². The van der Waals surface area contributed by atoms with Gasteiger partial charge in [-0.3, -0.25) is 9.36 Å². The predicted molar refractivity (Wildman–Crippen MR) is 125 cm³/mol. The number of thioether (sulfide) groups is 1. The van der Waals surface area contributed by atoms with Crippen molar-refractivity contribution in [1.82, 2.24) is 14.5 Å². The van der Waals surface area contributed by atoms with E-state index in [0.29, 0.717) is 17.3 Å². The van der Waals surface area contributed by atoms with Crippen molar-refractivity contribution >= 4 is 44.3 Å². The minimum atomic E-state index is -4.05. The highest BCUT2D eigenvalue weighted by atomic mass is 32.2. The first-order chi connectivity index (χ1) is 15.3. The number of sulfonamides is 1. The van der Waals surface area contributed by atoms with Crippen LogP contribution in [-0.2, 0) is 16.6 Å². The molecule has 2 N–H and O–H groups in total. The molecule has 2 aromatic heterocycles. The van der Waals surface area contributed by atoms with Crippen molar-refractivity contribution < 1.29 is 13.5 Å².